The summed E-state index contributed by atoms with van der Waals surface area (Å²) >= 11 is 2.27. The van der Waals surface area contributed by atoms with Crippen LogP contribution >= 0.6 is 11.8 Å². The molecule has 0 amide bonds. The highest BCUT2D eigenvalue weighted by molar-refractivity contribution is 8.00. The summed E-state index contributed by atoms with van der Waals surface area (Å²) in [5.74, 6) is 3.59. The molecular weight excluding hydrogens is 214 g/mol. The van der Waals surface area contributed by atoms with Crippen molar-refractivity contribution in [3.8, 4) is 0 Å². The van der Waals surface area contributed by atoms with E-state index in [9.17, 15) is 0 Å². The van der Waals surface area contributed by atoms with Crippen LogP contribution in [0.15, 0.2) is 0 Å². The van der Waals surface area contributed by atoms with Crippen molar-refractivity contribution in [2.75, 3.05) is 12.3 Å². The van der Waals surface area contributed by atoms with Gasteiger partial charge in [-0.05, 0) is 62.5 Å². The van der Waals surface area contributed by atoms with Gasteiger partial charge in [-0.25, -0.2) is 0 Å². The molecule has 4 saturated heterocycles. The highest BCUT2D eigenvalue weighted by Gasteiger charge is 2.44. The first-order chi connectivity index (χ1) is 7.90. The van der Waals surface area contributed by atoms with Gasteiger partial charge in [0.05, 0.1) is 0 Å². The average molecular weight is 237 g/mol. The average Bonchev–Trinajstić information content (AvgIpc) is 2.41. The Bertz CT molecular complexity index is 236. The summed E-state index contributed by atoms with van der Waals surface area (Å²) in [5, 5.41) is 1.02. The second-order valence-corrected chi connectivity index (χ2v) is 7.80. The van der Waals surface area contributed by atoms with Gasteiger partial charge in [0.25, 0.3) is 0 Å². The minimum atomic E-state index is 0.986. The van der Waals surface area contributed by atoms with Crippen LogP contribution < -0.4 is 0 Å². The molecule has 3 unspecified atom stereocenters. The lowest BCUT2D eigenvalue weighted by atomic mass is 9.75. The standard InChI is InChI=1S/C14H23NS/c1-4-12-5-2-10(1)8-15(12)14-7-13-6-3-11(14)9-16-13/h10-14H,1-9H2. The predicted octanol–water partition coefficient (Wildman–Crippen LogP) is 3.14. The molecule has 2 heteroatoms. The molecule has 1 nitrogen and oxygen atoms in total. The largest absolute Gasteiger partial charge is 0.297 e. The highest BCUT2D eigenvalue weighted by atomic mass is 32.2. The minimum Gasteiger partial charge on any atom is -0.297 e. The van der Waals surface area contributed by atoms with Gasteiger partial charge in [0.1, 0.15) is 0 Å². The molecule has 0 radical (unpaired) electrons. The van der Waals surface area contributed by atoms with Gasteiger partial charge in [0, 0.05) is 23.9 Å². The van der Waals surface area contributed by atoms with E-state index in [0.717, 1.165) is 29.2 Å². The third kappa shape index (κ3) is 1.56. The van der Waals surface area contributed by atoms with Gasteiger partial charge in [-0.3, -0.25) is 4.90 Å². The van der Waals surface area contributed by atoms with Crippen molar-refractivity contribution >= 4 is 11.8 Å². The highest BCUT2D eigenvalue weighted by Crippen LogP contribution is 2.46. The van der Waals surface area contributed by atoms with E-state index >= 15 is 0 Å². The van der Waals surface area contributed by atoms with Crippen molar-refractivity contribution in [1.29, 1.82) is 0 Å². The molecule has 6 rings (SSSR count). The minimum absolute atomic E-state index is 0.986. The number of hydrogen-bond donors (Lipinski definition) is 0. The summed E-state index contributed by atoms with van der Waals surface area (Å²) in [5.41, 5.74) is 0. The molecule has 0 spiro atoms. The maximum atomic E-state index is 2.97. The molecule has 6 aliphatic rings. The second-order valence-electron chi connectivity index (χ2n) is 6.47. The molecule has 0 aromatic rings. The maximum Gasteiger partial charge on any atom is 0.0145 e. The molecule has 2 aliphatic carbocycles. The van der Waals surface area contributed by atoms with E-state index < -0.39 is 0 Å². The van der Waals surface area contributed by atoms with Crippen molar-refractivity contribution < 1.29 is 0 Å². The van der Waals surface area contributed by atoms with Gasteiger partial charge in [-0.2, -0.15) is 11.8 Å². The number of fused-ring (bicyclic) bond motifs is 7. The van der Waals surface area contributed by atoms with Gasteiger partial charge >= 0.3 is 0 Å². The smallest absolute Gasteiger partial charge is 0.0145 e. The van der Waals surface area contributed by atoms with Gasteiger partial charge in [-0.1, -0.05) is 0 Å². The molecule has 2 saturated carbocycles. The Morgan fingerprint density at radius 2 is 1.81 bits per heavy atom. The van der Waals surface area contributed by atoms with Crippen molar-refractivity contribution in [3.63, 3.8) is 0 Å². The van der Waals surface area contributed by atoms with Crippen LogP contribution in [0.2, 0.25) is 0 Å². The lowest BCUT2D eigenvalue weighted by Crippen LogP contribution is -2.58. The van der Waals surface area contributed by atoms with Crippen LogP contribution in [0.3, 0.4) is 0 Å². The summed E-state index contributed by atoms with van der Waals surface area (Å²) < 4.78 is 0. The van der Waals surface area contributed by atoms with E-state index in [1.54, 1.807) is 0 Å². The number of piperidine rings is 2. The lowest BCUT2D eigenvalue weighted by molar-refractivity contribution is -0.0169. The Morgan fingerprint density at radius 3 is 2.31 bits per heavy atom. The van der Waals surface area contributed by atoms with Crippen LogP contribution in [-0.4, -0.2) is 34.5 Å². The summed E-state index contributed by atoms with van der Waals surface area (Å²) in [6.45, 7) is 1.46. The van der Waals surface area contributed by atoms with Crippen molar-refractivity contribution in [1.82, 2.24) is 4.90 Å². The topological polar surface area (TPSA) is 3.24 Å². The number of hydrogen-bond acceptors (Lipinski definition) is 2. The van der Waals surface area contributed by atoms with Crippen LogP contribution in [0.1, 0.15) is 44.9 Å². The third-order valence-corrected chi connectivity index (χ3v) is 7.15. The van der Waals surface area contributed by atoms with E-state index in [2.05, 4.69) is 16.7 Å². The van der Waals surface area contributed by atoms with E-state index in [1.165, 1.54) is 57.2 Å². The van der Waals surface area contributed by atoms with Gasteiger partial charge < -0.3 is 0 Å². The molecule has 90 valence electrons. The summed E-state index contributed by atoms with van der Waals surface area (Å²) in [4.78, 5) is 2.97. The molecule has 4 aliphatic heterocycles. The molecule has 3 atom stereocenters. The zero-order valence-corrected chi connectivity index (χ0v) is 10.9. The Morgan fingerprint density at radius 1 is 0.938 bits per heavy atom. The Kier molecular flexibility index (Phi) is 2.51. The maximum absolute atomic E-state index is 2.97. The van der Waals surface area contributed by atoms with Gasteiger partial charge in [0.2, 0.25) is 0 Å². The van der Waals surface area contributed by atoms with E-state index in [4.69, 9.17) is 0 Å². The summed E-state index contributed by atoms with van der Waals surface area (Å²) in [6, 6.07) is 1.98. The van der Waals surface area contributed by atoms with E-state index in [1.807, 2.05) is 0 Å². The third-order valence-electron chi connectivity index (χ3n) is 5.63. The number of thioether (sulfide) groups is 1. The fourth-order valence-electron chi connectivity index (χ4n) is 4.70. The van der Waals surface area contributed by atoms with Crippen LogP contribution in [-0.2, 0) is 0 Å². The lowest BCUT2D eigenvalue weighted by Gasteiger charge is -2.54. The predicted molar refractivity (Wildman–Crippen MR) is 69.8 cm³/mol. The Hall–Kier alpha value is 0.310. The first-order valence-electron chi connectivity index (χ1n) is 7.27. The molecular formula is C14H23NS. The molecule has 6 fully saturated rings. The van der Waals surface area contributed by atoms with Crippen LogP contribution in [0, 0.1) is 11.8 Å². The molecule has 0 N–H and O–H groups in total. The van der Waals surface area contributed by atoms with Crippen LogP contribution in [0.4, 0.5) is 0 Å². The summed E-state index contributed by atoms with van der Waals surface area (Å²) in [6.07, 6.45) is 10.7. The van der Waals surface area contributed by atoms with E-state index in [-0.39, 0.29) is 0 Å². The fraction of sp³-hybridized carbons (Fsp3) is 1.00. The number of rotatable bonds is 1. The Balaban J connectivity index is 1.53. The second kappa shape index (κ2) is 3.91. The van der Waals surface area contributed by atoms with Crippen LogP contribution in [0.5, 0.6) is 0 Å². The van der Waals surface area contributed by atoms with Crippen molar-refractivity contribution in [2.45, 2.75) is 62.3 Å². The first-order valence-corrected chi connectivity index (χ1v) is 8.32. The number of nitrogens with zero attached hydrogens (tertiary/aromatic N) is 1. The fourth-order valence-corrected chi connectivity index (χ4v) is 6.24. The molecule has 4 bridgehead atoms. The SMILES string of the molecule is C1CC2CCC1CN2C1CC2CCC1CS2. The van der Waals surface area contributed by atoms with E-state index in [0.29, 0.717) is 0 Å². The quantitative estimate of drug-likeness (QED) is 0.689. The zero-order valence-electron chi connectivity index (χ0n) is 10.1. The van der Waals surface area contributed by atoms with Gasteiger partial charge in [-0.15, -0.1) is 0 Å². The molecule has 0 aromatic heterocycles. The monoisotopic (exact) mass is 237 g/mol. The first kappa shape index (κ1) is 10.3. The van der Waals surface area contributed by atoms with Crippen LogP contribution in [0.25, 0.3) is 0 Å². The Labute approximate surface area is 103 Å². The van der Waals surface area contributed by atoms with Crippen molar-refractivity contribution in [2.24, 2.45) is 11.8 Å². The van der Waals surface area contributed by atoms with Gasteiger partial charge in [0.15, 0.2) is 0 Å². The zero-order chi connectivity index (χ0) is 10.5. The molecule has 16 heavy (non-hydrogen) atoms. The summed E-state index contributed by atoms with van der Waals surface area (Å²) in [7, 11) is 0. The normalized spacial score (nSPS) is 52.1. The van der Waals surface area contributed by atoms with Crippen molar-refractivity contribution in [3.05, 3.63) is 0 Å². The molecule has 0 aromatic carbocycles. The molecule has 4 heterocycles.